The molecule has 1 atom stereocenters. The zero-order chi connectivity index (χ0) is 13.9. The average Bonchev–Trinajstić information content (AvgIpc) is 2.60. The van der Waals surface area contributed by atoms with Crippen LogP contribution in [0.15, 0.2) is 11.0 Å². The minimum Gasteiger partial charge on any atom is -0.315 e. The van der Waals surface area contributed by atoms with Gasteiger partial charge in [0, 0.05) is 22.3 Å². The largest absolute Gasteiger partial charge is 0.315 e. The van der Waals surface area contributed by atoms with Crippen LogP contribution in [-0.4, -0.2) is 21.5 Å². The van der Waals surface area contributed by atoms with Gasteiger partial charge in [0.15, 0.2) is 0 Å². The fraction of sp³-hybridized carbons (Fsp3) is 0.667. The van der Waals surface area contributed by atoms with E-state index in [1.165, 1.54) is 11.3 Å². The van der Waals surface area contributed by atoms with Crippen molar-refractivity contribution in [3.63, 3.8) is 0 Å². The van der Waals surface area contributed by atoms with Crippen LogP contribution in [-0.2, 0) is 16.6 Å². The third-order valence-electron chi connectivity index (χ3n) is 2.90. The van der Waals surface area contributed by atoms with E-state index in [1.807, 2.05) is 34.7 Å². The topological polar surface area (TPSA) is 58.2 Å². The van der Waals surface area contributed by atoms with Crippen LogP contribution in [0.3, 0.4) is 0 Å². The maximum Gasteiger partial charge on any atom is 0.241 e. The van der Waals surface area contributed by atoms with Crippen LogP contribution in [0.4, 0.5) is 0 Å². The molecule has 0 aromatic carbocycles. The second-order valence-corrected chi connectivity index (χ2v) is 7.84. The van der Waals surface area contributed by atoms with E-state index < -0.39 is 10.0 Å². The molecule has 0 bridgehead atoms. The van der Waals surface area contributed by atoms with Crippen LogP contribution in [0.2, 0.25) is 0 Å². The van der Waals surface area contributed by atoms with E-state index in [-0.39, 0.29) is 12.0 Å². The highest BCUT2D eigenvalue weighted by Gasteiger charge is 2.22. The summed E-state index contributed by atoms with van der Waals surface area (Å²) in [6.07, 6.45) is 0. The van der Waals surface area contributed by atoms with Crippen molar-refractivity contribution >= 4 is 21.4 Å². The van der Waals surface area contributed by atoms with Gasteiger partial charge >= 0.3 is 0 Å². The summed E-state index contributed by atoms with van der Waals surface area (Å²) in [6.45, 7) is 8.43. The maximum atomic E-state index is 12.3. The SMILES string of the molecule is CNCc1cc(S(=O)(=O)NC(C)C(C)C)c(C)s1. The Labute approximate surface area is 114 Å². The molecular weight excluding hydrogens is 268 g/mol. The molecule has 6 heteroatoms. The number of sulfonamides is 1. The molecule has 18 heavy (non-hydrogen) atoms. The molecule has 0 aliphatic rings. The van der Waals surface area contributed by atoms with Gasteiger partial charge in [-0.15, -0.1) is 11.3 Å². The Balaban J connectivity index is 2.98. The van der Waals surface area contributed by atoms with E-state index in [9.17, 15) is 8.42 Å². The second kappa shape index (κ2) is 6.14. The first-order valence-corrected chi connectivity index (χ1v) is 8.34. The fourth-order valence-electron chi connectivity index (χ4n) is 1.50. The van der Waals surface area contributed by atoms with E-state index in [0.29, 0.717) is 11.4 Å². The van der Waals surface area contributed by atoms with Crippen LogP contribution < -0.4 is 10.0 Å². The molecule has 0 saturated carbocycles. The van der Waals surface area contributed by atoms with E-state index >= 15 is 0 Å². The molecule has 1 aromatic rings. The molecule has 1 heterocycles. The van der Waals surface area contributed by atoms with Crippen LogP contribution in [0, 0.1) is 12.8 Å². The zero-order valence-electron chi connectivity index (χ0n) is 11.6. The zero-order valence-corrected chi connectivity index (χ0v) is 13.2. The summed E-state index contributed by atoms with van der Waals surface area (Å²) in [5, 5.41) is 3.03. The Kier molecular flexibility index (Phi) is 5.33. The van der Waals surface area contributed by atoms with E-state index in [0.717, 1.165) is 9.75 Å². The lowest BCUT2D eigenvalue weighted by Gasteiger charge is -2.17. The van der Waals surface area contributed by atoms with Gasteiger partial charge in [0.05, 0.1) is 4.90 Å². The molecule has 1 rings (SSSR count). The molecule has 0 aliphatic heterocycles. The lowest BCUT2D eigenvalue weighted by molar-refractivity contribution is 0.476. The molecule has 2 N–H and O–H groups in total. The number of thiophene rings is 1. The van der Waals surface area contributed by atoms with Crippen molar-refractivity contribution in [3.05, 3.63) is 15.8 Å². The Morgan fingerprint density at radius 2 is 1.94 bits per heavy atom. The summed E-state index contributed by atoms with van der Waals surface area (Å²) in [4.78, 5) is 2.28. The normalized spacial score (nSPS) is 14.1. The molecule has 0 saturated heterocycles. The summed E-state index contributed by atoms with van der Waals surface area (Å²) in [7, 11) is -1.55. The van der Waals surface area contributed by atoms with Crippen LogP contribution in [0.25, 0.3) is 0 Å². The predicted octanol–water partition coefficient (Wildman–Crippen LogP) is 2.10. The van der Waals surface area contributed by atoms with Gasteiger partial charge in [0.2, 0.25) is 10.0 Å². The summed E-state index contributed by atoms with van der Waals surface area (Å²) < 4.78 is 27.2. The highest BCUT2D eigenvalue weighted by Crippen LogP contribution is 2.26. The van der Waals surface area contributed by atoms with Crippen molar-refractivity contribution in [1.82, 2.24) is 10.0 Å². The van der Waals surface area contributed by atoms with E-state index in [1.54, 1.807) is 6.07 Å². The minimum absolute atomic E-state index is 0.0675. The van der Waals surface area contributed by atoms with E-state index in [4.69, 9.17) is 0 Å². The molecule has 0 spiro atoms. The van der Waals surface area contributed by atoms with Crippen molar-refractivity contribution in [3.8, 4) is 0 Å². The summed E-state index contributed by atoms with van der Waals surface area (Å²) >= 11 is 1.52. The molecule has 4 nitrogen and oxygen atoms in total. The van der Waals surface area contributed by atoms with Crippen LogP contribution >= 0.6 is 11.3 Å². The Morgan fingerprint density at radius 3 is 2.44 bits per heavy atom. The molecule has 0 fully saturated rings. The number of nitrogens with one attached hydrogen (secondary N) is 2. The predicted molar refractivity (Wildman–Crippen MR) is 76.4 cm³/mol. The molecule has 1 unspecified atom stereocenters. The lowest BCUT2D eigenvalue weighted by atomic mass is 10.1. The highest BCUT2D eigenvalue weighted by atomic mass is 32.2. The Hall–Kier alpha value is -0.430. The number of rotatable bonds is 6. The monoisotopic (exact) mass is 290 g/mol. The average molecular weight is 290 g/mol. The quantitative estimate of drug-likeness (QED) is 0.843. The summed E-state index contributed by atoms with van der Waals surface area (Å²) in [6, 6.07) is 1.69. The third kappa shape index (κ3) is 3.78. The lowest BCUT2D eigenvalue weighted by Crippen LogP contribution is -2.36. The number of aryl methyl sites for hydroxylation is 1. The molecule has 1 aromatic heterocycles. The fourth-order valence-corrected chi connectivity index (χ4v) is 4.54. The van der Waals surface area contributed by atoms with Gasteiger partial charge in [-0.2, -0.15) is 0 Å². The van der Waals surface area contributed by atoms with Crippen molar-refractivity contribution in [1.29, 1.82) is 0 Å². The van der Waals surface area contributed by atoms with Crippen LogP contribution in [0.1, 0.15) is 30.5 Å². The van der Waals surface area contributed by atoms with Crippen molar-refractivity contribution in [2.45, 2.75) is 45.2 Å². The maximum absolute atomic E-state index is 12.3. The summed E-state index contributed by atoms with van der Waals surface area (Å²) in [5.41, 5.74) is 0. The van der Waals surface area contributed by atoms with Crippen LogP contribution in [0.5, 0.6) is 0 Å². The molecule has 104 valence electrons. The standard InChI is InChI=1S/C12H22N2O2S2/c1-8(2)9(3)14-18(15,16)12-6-11(7-13-5)17-10(12)4/h6,8-9,13-14H,7H2,1-5H3. The van der Waals surface area contributed by atoms with Gasteiger partial charge < -0.3 is 5.32 Å². The first-order valence-electron chi connectivity index (χ1n) is 6.04. The van der Waals surface area contributed by atoms with Gasteiger partial charge in [-0.1, -0.05) is 13.8 Å². The third-order valence-corrected chi connectivity index (χ3v) is 5.77. The van der Waals surface area contributed by atoms with Gasteiger partial charge in [-0.25, -0.2) is 13.1 Å². The minimum atomic E-state index is -3.40. The first-order chi connectivity index (χ1) is 8.27. The van der Waals surface area contributed by atoms with Crippen molar-refractivity contribution < 1.29 is 8.42 Å². The van der Waals surface area contributed by atoms with Gasteiger partial charge in [0.1, 0.15) is 0 Å². The number of hydrogen-bond donors (Lipinski definition) is 2. The first kappa shape index (κ1) is 15.6. The van der Waals surface area contributed by atoms with Gasteiger partial charge in [-0.3, -0.25) is 0 Å². The second-order valence-electron chi connectivity index (χ2n) is 4.82. The Bertz CT molecular complexity index is 492. The van der Waals surface area contributed by atoms with Crippen molar-refractivity contribution in [2.24, 2.45) is 5.92 Å². The molecule has 0 amide bonds. The smallest absolute Gasteiger partial charge is 0.241 e. The molecule has 0 aliphatic carbocycles. The number of hydrogen-bond acceptors (Lipinski definition) is 4. The van der Waals surface area contributed by atoms with Crippen molar-refractivity contribution in [2.75, 3.05) is 7.05 Å². The molecule has 0 radical (unpaired) electrons. The van der Waals surface area contributed by atoms with Gasteiger partial charge in [-0.05, 0) is 32.9 Å². The highest BCUT2D eigenvalue weighted by molar-refractivity contribution is 7.89. The van der Waals surface area contributed by atoms with E-state index in [2.05, 4.69) is 10.0 Å². The van der Waals surface area contributed by atoms with Gasteiger partial charge in [0.25, 0.3) is 0 Å². The Morgan fingerprint density at radius 1 is 1.33 bits per heavy atom. The molecular formula is C12H22N2O2S2. The summed E-state index contributed by atoms with van der Waals surface area (Å²) in [5.74, 6) is 0.274.